The fourth-order valence-corrected chi connectivity index (χ4v) is 3.99. The molecule has 0 bridgehead atoms. The highest BCUT2D eigenvalue weighted by molar-refractivity contribution is 5.88. The van der Waals surface area contributed by atoms with Crippen molar-refractivity contribution >= 4 is 33.6 Å². The van der Waals surface area contributed by atoms with Crippen molar-refractivity contribution in [2.75, 3.05) is 25.5 Å². The average molecular weight is 415 g/mol. The number of hydrogen-bond donors (Lipinski definition) is 2. The molecule has 10 heteroatoms. The molecule has 0 unspecified atom stereocenters. The number of fused-ring (bicyclic) bond motifs is 2. The molecule has 1 aromatic carbocycles. The minimum absolute atomic E-state index is 0.370. The molecule has 0 spiro atoms. The number of oxazole rings is 1. The Morgan fingerprint density at radius 2 is 1.94 bits per heavy atom. The number of aromatic nitrogens is 7. The first-order valence-corrected chi connectivity index (χ1v) is 10.3. The van der Waals surface area contributed by atoms with Crippen LogP contribution in [0.1, 0.15) is 18.9 Å². The minimum Gasteiger partial charge on any atom is -0.434 e. The quantitative estimate of drug-likeness (QED) is 0.459. The summed E-state index contributed by atoms with van der Waals surface area (Å²) in [5, 5.41) is 15.0. The van der Waals surface area contributed by atoms with Crippen molar-refractivity contribution in [2.45, 2.75) is 18.9 Å². The fourth-order valence-electron chi connectivity index (χ4n) is 3.99. The second-order valence-electron chi connectivity index (χ2n) is 7.88. The van der Waals surface area contributed by atoms with Crippen LogP contribution in [0.25, 0.3) is 33.8 Å². The molecule has 10 nitrogen and oxygen atoms in total. The van der Waals surface area contributed by atoms with Gasteiger partial charge in [-0.2, -0.15) is 10.2 Å². The largest absolute Gasteiger partial charge is 0.434 e. The number of hydrogen-bond acceptors (Lipinski definition) is 8. The van der Waals surface area contributed by atoms with Gasteiger partial charge in [0.2, 0.25) is 5.82 Å². The van der Waals surface area contributed by atoms with E-state index in [1.807, 2.05) is 41.3 Å². The summed E-state index contributed by atoms with van der Waals surface area (Å²) >= 11 is 0. The lowest BCUT2D eigenvalue weighted by atomic mass is 10.1. The van der Waals surface area contributed by atoms with E-state index >= 15 is 0 Å². The van der Waals surface area contributed by atoms with Crippen LogP contribution in [0, 0.1) is 0 Å². The van der Waals surface area contributed by atoms with Gasteiger partial charge in [-0.25, -0.2) is 15.0 Å². The zero-order chi connectivity index (χ0) is 20.8. The van der Waals surface area contributed by atoms with Gasteiger partial charge in [0.1, 0.15) is 16.6 Å². The molecule has 5 aromatic rings. The summed E-state index contributed by atoms with van der Waals surface area (Å²) in [5.74, 6) is 1.37. The highest BCUT2D eigenvalue weighted by Crippen LogP contribution is 2.28. The molecule has 1 fully saturated rings. The predicted octanol–water partition coefficient (Wildman–Crippen LogP) is 3.37. The number of nitrogens with zero attached hydrogens (tertiary/aromatic N) is 7. The third-order valence-corrected chi connectivity index (χ3v) is 5.71. The van der Waals surface area contributed by atoms with Gasteiger partial charge in [0.15, 0.2) is 11.4 Å². The molecule has 2 N–H and O–H groups in total. The molecule has 0 saturated carbocycles. The molecule has 1 aliphatic heterocycles. The monoisotopic (exact) mass is 415 g/mol. The molecule has 1 aliphatic rings. The maximum absolute atomic E-state index is 5.86. The molecule has 0 atom stereocenters. The van der Waals surface area contributed by atoms with Crippen LogP contribution < -0.4 is 5.32 Å². The smallest absolute Gasteiger partial charge is 0.266 e. The van der Waals surface area contributed by atoms with E-state index in [4.69, 9.17) is 4.42 Å². The molecule has 0 radical (unpaired) electrons. The number of anilines is 2. The lowest BCUT2D eigenvalue weighted by molar-refractivity contribution is 0.212. The highest BCUT2D eigenvalue weighted by Gasteiger charge is 2.20. The summed E-state index contributed by atoms with van der Waals surface area (Å²) in [6.07, 6.45) is 7.70. The van der Waals surface area contributed by atoms with Gasteiger partial charge < -0.3 is 14.6 Å². The Kier molecular flexibility index (Phi) is 4.17. The first-order chi connectivity index (χ1) is 15.2. The van der Waals surface area contributed by atoms with Crippen LogP contribution in [0.4, 0.5) is 11.5 Å². The summed E-state index contributed by atoms with van der Waals surface area (Å²) < 4.78 is 7.91. The van der Waals surface area contributed by atoms with Gasteiger partial charge in [0.25, 0.3) is 5.89 Å². The van der Waals surface area contributed by atoms with Crippen molar-refractivity contribution in [3.63, 3.8) is 0 Å². The molecular formula is C21H21N9O. The number of aromatic amines is 1. The molecule has 4 aromatic heterocycles. The van der Waals surface area contributed by atoms with Crippen molar-refractivity contribution in [3.05, 3.63) is 42.9 Å². The Morgan fingerprint density at radius 3 is 2.81 bits per heavy atom. The van der Waals surface area contributed by atoms with Crippen molar-refractivity contribution in [2.24, 2.45) is 0 Å². The third-order valence-electron chi connectivity index (χ3n) is 5.71. The topological polar surface area (TPSA) is 114 Å². The second-order valence-corrected chi connectivity index (χ2v) is 7.88. The minimum atomic E-state index is 0.370. The van der Waals surface area contributed by atoms with Crippen LogP contribution >= 0.6 is 0 Å². The molecule has 5 heterocycles. The number of para-hydroxylation sites is 2. The summed E-state index contributed by atoms with van der Waals surface area (Å²) in [4.78, 5) is 16.1. The van der Waals surface area contributed by atoms with Crippen molar-refractivity contribution in [3.8, 4) is 11.7 Å². The Labute approximate surface area is 177 Å². The molecule has 6 rings (SSSR count). The number of H-pyrrole nitrogens is 1. The molecule has 0 amide bonds. The van der Waals surface area contributed by atoms with Crippen molar-refractivity contribution in [1.29, 1.82) is 0 Å². The molecule has 156 valence electrons. The standard InChI is InChI=1S/C21H21N9O/c1-29-8-6-14(7-9-29)30-12-13(10-23-30)24-19-18-16(11-22-28-18)25-20(27-19)21-26-15-4-2-3-5-17(15)31-21/h2-5,10-12,14H,6-9H2,1H3,(H,22,28)(H,24,25,27). The first kappa shape index (κ1) is 18.0. The highest BCUT2D eigenvalue weighted by atomic mass is 16.3. The number of benzene rings is 1. The van der Waals surface area contributed by atoms with E-state index in [0.717, 1.165) is 37.1 Å². The van der Waals surface area contributed by atoms with Crippen molar-refractivity contribution in [1.82, 2.24) is 39.8 Å². The van der Waals surface area contributed by atoms with Crippen molar-refractivity contribution < 1.29 is 4.42 Å². The van der Waals surface area contributed by atoms with Crippen LogP contribution in [-0.2, 0) is 0 Å². The Balaban J connectivity index is 1.33. The van der Waals surface area contributed by atoms with E-state index in [9.17, 15) is 0 Å². The van der Waals surface area contributed by atoms with Gasteiger partial charge >= 0.3 is 0 Å². The van der Waals surface area contributed by atoms with Gasteiger partial charge in [-0.15, -0.1) is 0 Å². The third kappa shape index (κ3) is 3.30. The van der Waals surface area contributed by atoms with E-state index < -0.39 is 0 Å². The average Bonchev–Trinajstić information content (AvgIpc) is 3.53. The number of likely N-dealkylation sites (tertiary alicyclic amines) is 1. The van der Waals surface area contributed by atoms with E-state index in [-0.39, 0.29) is 0 Å². The van der Waals surface area contributed by atoms with E-state index in [2.05, 4.69) is 47.5 Å². The molecular weight excluding hydrogens is 394 g/mol. The normalized spacial score (nSPS) is 15.8. The molecule has 1 saturated heterocycles. The Morgan fingerprint density at radius 1 is 1.06 bits per heavy atom. The van der Waals surface area contributed by atoms with E-state index in [0.29, 0.717) is 40.2 Å². The predicted molar refractivity (Wildman–Crippen MR) is 116 cm³/mol. The molecule has 31 heavy (non-hydrogen) atoms. The second kappa shape index (κ2) is 7.17. The van der Waals surface area contributed by atoms with Crippen LogP contribution in [0.3, 0.4) is 0 Å². The van der Waals surface area contributed by atoms with Gasteiger partial charge in [-0.3, -0.25) is 9.78 Å². The number of nitrogens with one attached hydrogen (secondary N) is 2. The molecule has 0 aliphatic carbocycles. The summed E-state index contributed by atoms with van der Waals surface area (Å²) in [5.41, 5.74) is 3.71. The lowest BCUT2D eigenvalue weighted by Gasteiger charge is -2.28. The Bertz CT molecular complexity index is 1330. The zero-order valence-electron chi connectivity index (χ0n) is 17.0. The van der Waals surface area contributed by atoms with E-state index in [1.165, 1.54) is 0 Å². The first-order valence-electron chi connectivity index (χ1n) is 10.3. The van der Waals surface area contributed by atoms with Crippen LogP contribution in [0.5, 0.6) is 0 Å². The van der Waals surface area contributed by atoms with Crippen LogP contribution in [-0.4, -0.2) is 60.0 Å². The van der Waals surface area contributed by atoms with Gasteiger partial charge in [-0.1, -0.05) is 12.1 Å². The number of piperidine rings is 1. The van der Waals surface area contributed by atoms with Crippen LogP contribution in [0.2, 0.25) is 0 Å². The number of rotatable bonds is 4. The maximum atomic E-state index is 5.86. The summed E-state index contributed by atoms with van der Waals surface area (Å²) in [6, 6.07) is 8.02. The fraction of sp³-hybridized carbons (Fsp3) is 0.286. The van der Waals surface area contributed by atoms with Gasteiger partial charge in [0, 0.05) is 6.20 Å². The van der Waals surface area contributed by atoms with Gasteiger partial charge in [0.05, 0.1) is 24.1 Å². The Hall–Kier alpha value is -3.79. The van der Waals surface area contributed by atoms with Crippen LogP contribution in [0.15, 0.2) is 47.3 Å². The summed E-state index contributed by atoms with van der Waals surface area (Å²) in [7, 11) is 2.16. The lowest BCUT2D eigenvalue weighted by Crippen LogP contribution is -2.31. The van der Waals surface area contributed by atoms with Gasteiger partial charge in [-0.05, 0) is 45.1 Å². The zero-order valence-corrected chi connectivity index (χ0v) is 17.0. The maximum Gasteiger partial charge on any atom is 0.266 e. The summed E-state index contributed by atoms with van der Waals surface area (Å²) in [6.45, 7) is 2.17. The van der Waals surface area contributed by atoms with E-state index in [1.54, 1.807) is 6.20 Å². The SMILES string of the molecule is CN1CCC(n2cc(Nc3nc(-c4nc5ccccc5o4)nc4cn[nH]c34)cn2)CC1.